The van der Waals surface area contributed by atoms with Crippen LogP contribution in [0.25, 0.3) is 6.08 Å². The molecule has 0 radical (unpaired) electrons. The summed E-state index contributed by atoms with van der Waals surface area (Å²) in [5, 5.41) is 0. The van der Waals surface area contributed by atoms with Gasteiger partial charge in [-0.1, -0.05) is 12.2 Å². The van der Waals surface area contributed by atoms with Crippen LogP contribution >= 0.6 is 0 Å². The average molecular weight is 512 g/mol. The molecule has 2 aromatic carbocycles. The third kappa shape index (κ3) is 5.77. The zero-order valence-electron chi connectivity index (χ0n) is 20.1. The molecule has 1 aliphatic rings. The fraction of sp³-hybridized carbons (Fsp3) is 0.360. The number of carbonyl (C=O) groups excluding carboxylic acids is 2. The molecule has 0 spiro atoms. The van der Waals surface area contributed by atoms with E-state index in [4.69, 9.17) is 4.74 Å². The van der Waals surface area contributed by atoms with E-state index >= 15 is 0 Å². The number of esters is 1. The molecule has 6 nitrogen and oxygen atoms in total. The summed E-state index contributed by atoms with van der Waals surface area (Å²) in [6, 6.07) is 4.27. The summed E-state index contributed by atoms with van der Waals surface area (Å²) >= 11 is 0. The maximum absolute atomic E-state index is 13.9. The Hall–Kier alpha value is -3.63. The molecule has 0 saturated carbocycles. The fourth-order valence-corrected chi connectivity index (χ4v) is 3.56. The fourth-order valence-electron chi connectivity index (χ4n) is 3.56. The monoisotopic (exact) mass is 512 g/mol. The summed E-state index contributed by atoms with van der Waals surface area (Å²) in [6.45, 7) is 8.82. The number of carbonyl (C=O) groups is 2. The minimum absolute atomic E-state index is 0.164. The predicted octanol–water partition coefficient (Wildman–Crippen LogP) is 5.69. The van der Waals surface area contributed by atoms with Crippen LogP contribution in [-0.4, -0.2) is 48.7 Å². The summed E-state index contributed by atoms with van der Waals surface area (Å²) in [5.41, 5.74) is 0.484. The Morgan fingerprint density at radius 3 is 1.97 bits per heavy atom. The third-order valence-corrected chi connectivity index (χ3v) is 5.25. The molecule has 194 valence electrons. The van der Waals surface area contributed by atoms with Crippen molar-refractivity contribution in [2.45, 2.75) is 33.3 Å². The van der Waals surface area contributed by atoms with Gasteiger partial charge in [0.05, 0.1) is 5.56 Å². The van der Waals surface area contributed by atoms with E-state index in [1.165, 1.54) is 12.1 Å². The van der Waals surface area contributed by atoms with Crippen LogP contribution in [0.15, 0.2) is 24.3 Å². The minimum Gasteiger partial charge on any atom is -0.444 e. The van der Waals surface area contributed by atoms with E-state index in [-0.39, 0.29) is 5.56 Å². The van der Waals surface area contributed by atoms with Crippen molar-refractivity contribution >= 4 is 23.8 Å². The zero-order valence-corrected chi connectivity index (χ0v) is 20.1. The number of hydrogen-bond donors (Lipinski definition) is 0. The number of halogens is 5. The molecule has 0 unspecified atom stereocenters. The molecular formula is C25H25F5N2O4. The van der Waals surface area contributed by atoms with Gasteiger partial charge in [-0.2, -0.15) is 8.78 Å². The number of amides is 1. The summed E-state index contributed by atoms with van der Waals surface area (Å²) in [4.78, 5) is 28.4. The highest BCUT2D eigenvalue weighted by atomic mass is 19.2. The molecule has 0 aliphatic carbocycles. The van der Waals surface area contributed by atoms with Crippen molar-refractivity contribution in [2.75, 3.05) is 31.1 Å². The molecule has 1 heterocycles. The van der Waals surface area contributed by atoms with Crippen LogP contribution in [0.2, 0.25) is 0 Å². The van der Waals surface area contributed by atoms with Crippen molar-refractivity contribution in [1.29, 1.82) is 0 Å². The lowest BCUT2D eigenvalue weighted by atomic mass is 10.1. The van der Waals surface area contributed by atoms with E-state index in [2.05, 4.69) is 4.74 Å². The van der Waals surface area contributed by atoms with Gasteiger partial charge in [0.25, 0.3) is 0 Å². The van der Waals surface area contributed by atoms with Crippen LogP contribution in [0, 0.1) is 29.1 Å². The number of hydrogen-bond acceptors (Lipinski definition) is 5. The summed E-state index contributed by atoms with van der Waals surface area (Å²) < 4.78 is 77.9. The van der Waals surface area contributed by atoms with E-state index in [0.717, 1.165) is 0 Å². The Labute approximate surface area is 204 Å². The van der Waals surface area contributed by atoms with Gasteiger partial charge >= 0.3 is 12.1 Å². The summed E-state index contributed by atoms with van der Waals surface area (Å²) in [7, 11) is 0. The molecule has 3 rings (SSSR count). The SMILES string of the molecule is C/C=C\c1cc(C(=O)Oc2c(F)c(F)c(F)c(F)c2F)ccc1N1CCN(C(=O)OC(C)(C)C)CC1. The molecule has 1 fully saturated rings. The predicted molar refractivity (Wildman–Crippen MR) is 122 cm³/mol. The van der Waals surface area contributed by atoms with Crippen LogP contribution in [0.1, 0.15) is 43.6 Å². The number of anilines is 1. The summed E-state index contributed by atoms with van der Waals surface area (Å²) in [6.07, 6.45) is 2.97. The molecule has 1 aliphatic heterocycles. The molecule has 2 aromatic rings. The van der Waals surface area contributed by atoms with Crippen molar-refractivity contribution in [3.8, 4) is 5.75 Å². The van der Waals surface area contributed by atoms with Gasteiger partial charge in [-0.05, 0) is 51.5 Å². The number of ether oxygens (including phenoxy) is 2. The van der Waals surface area contributed by atoms with Crippen molar-refractivity contribution < 1.29 is 41.0 Å². The lowest BCUT2D eigenvalue weighted by Gasteiger charge is -2.37. The van der Waals surface area contributed by atoms with Gasteiger partial charge < -0.3 is 19.3 Å². The number of allylic oxidation sites excluding steroid dienone is 1. The molecule has 36 heavy (non-hydrogen) atoms. The molecule has 0 atom stereocenters. The number of piperazine rings is 1. The average Bonchev–Trinajstić information content (AvgIpc) is 2.83. The highest BCUT2D eigenvalue weighted by molar-refractivity contribution is 5.93. The number of nitrogens with zero attached hydrogens (tertiary/aromatic N) is 2. The second-order valence-electron chi connectivity index (χ2n) is 9.02. The largest absolute Gasteiger partial charge is 0.444 e. The normalized spacial score (nSPS) is 14.4. The quantitative estimate of drug-likeness (QED) is 0.173. The van der Waals surface area contributed by atoms with Gasteiger partial charge in [-0.25, -0.2) is 22.8 Å². The first-order chi connectivity index (χ1) is 16.8. The maximum Gasteiger partial charge on any atom is 0.410 e. The van der Waals surface area contributed by atoms with E-state index < -0.39 is 52.5 Å². The lowest BCUT2D eigenvalue weighted by molar-refractivity contribution is 0.0240. The highest BCUT2D eigenvalue weighted by Crippen LogP contribution is 2.31. The van der Waals surface area contributed by atoms with Crippen LogP contribution < -0.4 is 9.64 Å². The second-order valence-corrected chi connectivity index (χ2v) is 9.02. The van der Waals surface area contributed by atoms with Gasteiger partial charge in [0.1, 0.15) is 5.60 Å². The van der Waals surface area contributed by atoms with Gasteiger partial charge in [0.2, 0.25) is 34.8 Å². The molecular weight excluding hydrogens is 487 g/mol. The lowest BCUT2D eigenvalue weighted by Crippen LogP contribution is -2.50. The first kappa shape index (κ1) is 27.0. The van der Waals surface area contributed by atoms with Gasteiger partial charge in [-0.15, -0.1) is 0 Å². The van der Waals surface area contributed by atoms with Crippen LogP contribution in [-0.2, 0) is 4.74 Å². The second kappa shape index (κ2) is 10.5. The smallest absolute Gasteiger partial charge is 0.410 e. The van der Waals surface area contributed by atoms with Crippen LogP contribution in [0.4, 0.5) is 32.4 Å². The van der Waals surface area contributed by atoms with Gasteiger partial charge in [0.15, 0.2) is 0 Å². The summed E-state index contributed by atoms with van der Waals surface area (Å²) in [5.74, 6) is -14.2. The van der Waals surface area contributed by atoms with Crippen molar-refractivity contribution in [3.63, 3.8) is 0 Å². The third-order valence-electron chi connectivity index (χ3n) is 5.25. The Morgan fingerprint density at radius 2 is 1.44 bits per heavy atom. The molecule has 1 amide bonds. The van der Waals surface area contributed by atoms with Crippen molar-refractivity contribution in [1.82, 2.24) is 4.90 Å². The van der Waals surface area contributed by atoms with E-state index in [1.807, 2.05) is 4.90 Å². The number of benzene rings is 2. The molecule has 11 heteroatoms. The maximum atomic E-state index is 13.9. The van der Waals surface area contributed by atoms with E-state index in [1.54, 1.807) is 50.8 Å². The highest BCUT2D eigenvalue weighted by Gasteiger charge is 2.30. The number of rotatable bonds is 4. The molecule has 1 saturated heterocycles. The van der Waals surface area contributed by atoms with Gasteiger partial charge in [0, 0.05) is 31.9 Å². The Bertz CT molecular complexity index is 1170. The van der Waals surface area contributed by atoms with E-state index in [0.29, 0.717) is 37.4 Å². The first-order valence-corrected chi connectivity index (χ1v) is 11.1. The Balaban J connectivity index is 1.80. The molecule has 0 aromatic heterocycles. The molecule has 0 bridgehead atoms. The van der Waals surface area contributed by atoms with Crippen molar-refractivity contribution in [2.24, 2.45) is 0 Å². The Kier molecular flexibility index (Phi) is 7.90. The minimum atomic E-state index is -2.35. The van der Waals surface area contributed by atoms with Crippen LogP contribution in [0.3, 0.4) is 0 Å². The first-order valence-electron chi connectivity index (χ1n) is 11.1. The topological polar surface area (TPSA) is 59.1 Å². The van der Waals surface area contributed by atoms with Crippen LogP contribution in [0.5, 0.6) is 5.75 Å². The Morgan fingerprint density at radius 1 is 0.889 bits per heavy atom. The molecule has 0 N–H and O–H groups in total. The van der Waals surface area contributed by atoms with Crippen molar-refractivity contribution in [3.05, 3.63) is 64.5 Å². The van der Waals surface area contributed by atoms with Gasteiger partial charge in [-0.3, -0.25) is 0 Å². The van der Waals surface area contributed by atoms with E-state index in [9.17, 15) is 31.5 Å². The zero-order chi connectivity index (χ0) is 26.8. The standard InChI is InChI=1S/C25H25F5N2O4/c1-5-6-14-13-15(23(33)35-22-20(29)18(27)17(26)19(28)21(22)30)7-8-16(14)31-9-11-32(12-10-31)24(34)36-25(2,3)4/h5-8,13H,9-12H2,1-4H3/b6-5-.